The first-order valence-corrected chi connectivity index (χ1v) is 10.4. The first-order valence-electron chi connectivity index (χ1n) is 10.4. The maximum atomic E-state index is 12.3. The first-order chi connectivity index (χ1) is 14.3. The maximum absolute atomic E-state index is 12.3. The van der Waals surface area contributed by atoms with Gasteiger partial charge in [0.2, 0.25) is 0 Å². The van der Waals surface area contributed by atoms with Crippen LogP contribution in [0, 0.1) is 0 Å². The van der Waals surface area contributed by atoms with E-state index in [1.54, 1.807) is 0 Å². The zero-order chi connectivity index (χ0) is 20.1. The fraction of sp³-hybridized carbons (Fsp3) is 0.231. The van der Waals surface area contributed by atoms with Crippen molar-refractivity contribution in [2.45, 2.75) is 38.6 Å². The second-order valence-electron chi connectivity index (χ2n) is 7.46. The number of rotatable bonds is 7. The molecule has 3 aromatic carbocycles. The number of hydrogen-bond acceptors (Lipinski definition) is 3. The second-order valence-corrected chi connectivity index (χ2v) is 7.46. The molecule has 0 aliphatic carbocycles. The molecule has 0 bridgehead atoms. The Morgan fingerprint density at radius 1 is 0.931 bits per heavy atom. The van der Waals surface area contributed by atoms with E-state index in [4.69, 9.17) is 5.10 Å². The van der Waals surface area contributed by atoms with Gasteiger partial charge in [0.25, 0.3) is 0 Å². The molecule has 0 spiro atoms. The number of Topliss-reactive ketones (excluding diaryl/α,β-unsaturated/α-hetero) is 1. The average molecular weight is 383 g/mol. The van der Waals surface area contributed by atoms with Crippen molar-refractivity contribution in [3.63, 3.8) is 0 Å². The zero-order valence-corrected chi connectivity index (χ0v) is 16.8. The Bertz CT molecular complexity index is 978. The van der Waals surface area contributed by atoms with Crippen molar-refractivity contribution in [2.24, 2.45) is 5.10 Å². The highest BCUT2D eigenvalue weighted by Crippen LogP contribution is 2.36. The Kier molecular flexibility index (Phi) is 5.85. The SMILES string of the molecule is CCCCC(=O)c1ccc(N2N=C(c3ccccc3)C[C@H]2c2ccccc2)cc1. The molecule has 1 atom stereocenters. The summed E-state index contributed by atoms with van der Waals surface area (Å²) in [5.74, 6) is 0.216. The number of nitrogens with zero attached hydrogens (tertiary/aromatic N) is 2. The topological polar surface area (TPSA) is 32.7 Å². The fourth-order valence-electron chi connectivity index (χ4n) is 3.77. The standard InChI is InChI=1S/C26H26N2O/c1-2-3-14-26(29)22-15-17-23(18-16-22)28-25(21-12-8-5-9-13-21)19-24(27-28)20-10-6-4-7-11-20/h4-13,15-18,25H,2-3,14,19H2,1H3/t25-/m0/s1. The van der Waals surface area contributed by atoms with Crippen molar-refractivity contribution in [3.8, 4) is 0 Å². The summed E-state index contributed by atoms with van der Waals surface area (Å²) in [5, 5.41) is 7.07. The summed E-state index contributed by atoms with van der Waals surface area (Å²) in [7, 11) is 0. The summed E-state index contributed by atoms with van der Waals surface area (Å²) >= 11 is 0. The molecule has 0 unspecified atom stereocenters. The molecule has 0 saturated carbocycles. The Hall–Kier alpha value is -3.20. The van der Waals surface area contributed by atoms with Crippen molar-refractivity contribution < 1.29 is 4.79 Å². The van der Waals surface area contributed by atoms with Gasteiger partial charge in [-0.3, -0.25) is 9.80 Å². The highest BCUT2D eigenvalue weighted by atomic mass is 16.1. The third kappa shape index (κ3) is 4.29. The molecule has 3 nitrogen and oxygen atoms in total. The van der Waals surface area contributed by atoms with Gasteiger partial charge in [-0.2, -0.15) is 5.10 Å². The molecule has 0 aromatic heterocycles. The van der Waals surface area contributed by atoms with Crippen LogP contribution >= 0.6 is 0 Å². The third-order valence-electron chi connectivity index (χ3n) is 5.41. The lowest BCUT2D eigenvalue weighted by molar-refractivity contribution is 0.0980. The molecule has 0 N–H and O–H groups in total. The fourth-order valence-corrected chi connectivity index (χ4v) is 3.77. The maximum Gasteiger partial charge on any atom is 0.162 e. The summed E-state index contributed by atoms with van der Waals surface area (Å²) in [6.45, 7) is 2.11. The summed E-state index contributed by atoms with van der Waals surface area (Å²) in [5.41, 5.74) is 5.27. The minimum absolute atomic E-state index is 0.146. The van der Waals surface area contributed by atoms with Gasteiger partial charge in [-0.1, -0.05) is 74.0 Å². The van der Waals surface area contributed by atoms with Gasteiger partial charge in [0.1, 0.15) is 0 Å². The third-order valence-corrected chi connectivity index (χ3v) is 5.41. The van der Waals surface area contributed by atoms with Crippen LogP contribution < -0.4 is 5.01 Å². The number of anilines is 1. The van der Waals surface area contributed by atoms with Crippen molar-refractivity contribution in [1.29, 1.82) is 0 Å². The molecule has 1 aliphatic rings. The normalized spacial score (nSPS) is 16.0. The van der Waals surface area contributed by atoms with Crippen molar-refractivity contribution in [3.05, 3.63) is 102 Å². The summed E-state index contributed by atoms with van der Waals surface area (Å²) < 4.78 is 0. The van der Waals surface area contributed by atoms with E-state index in [9.17, 15) is 4.79 Å². The van der Waals surface area contributed by atoms with Crippen LogP contribution in [0.4, 0.5) is 5.69 Å². The average Bonchev–Trinajstić information content (AvgIpc) is 3.24. The minimum atomic E-state index is 0.146. The smallest absolute Gasteiger partial charge is 0.162 e. The van der Waals surface area contributed by atoms with Gasteiger partial charge in [-0.25, -0.2) is 0 Å². The molecular formula is C26H26N2O. The number of ketones is 1. The number of hydrazone groups is 1. The summed E-state index contributed by atoms with van der Waals surface area (Å²) in [6.07, 6.45) is 3.44. The number of carbonyl (C=O) groups excluding carboxylic acids is 1. The van der Waals surface area contributed by atoms with E-state index in [-0.39, 0.29) is 11.8 Å². The number of carbonyl (C=O) groups is 1. The molecule has 3 heteroatoms. The molecule has 29 heavy (non-hydrogen) atoms. The van der Waals surface area contributed by atoms with Gasteiger partial charge < -0.3 is 0 Å². The Morgan fingerprint density at radius 3 is 2.24 bits per heavy atom. The van der Waals surface area contributed by atoms with Crippen LogP contribution in [-0.2, 0) is 0 Å². The lowest BCUT2D eigenvalue weighted by Gasteiger charge is -2.24. The van der Waals surface area contributed by atoms with Crippen molar-refractivity contribution >= 4 is 17.2 Å². The molecule has 146 valence electrons. The van der Waals surface area contributed by atoms with Gasteiger partial charge in [0.05, 0.1) is 17.4 Å². The largest absolute Gasteiger partial charge is 0.294 e. The quantitative estimate of drug-likeness (QED) is 0.442. The molecule has 1 aliphatic heterocycles. The molecule has 0 radical (unpaired) electrons. The van der Waals surface area contributed by atoms with E-state index in [0.29, 0.717) is 6.42 Å². The molecule has 0 amide bonds. The van der Waals surface area contributed by atoms with Crippen LogP contribution in [0.2, 0.25) is 0 Å². The van der Waals surface area contributed by atoms with Crippen LogP contribution in [0.5, 0.6) is 0 Å². The number of hydrogen-bond donors (Lipinski definition) is 0. The lowest BCUT2D eigenvalue weighted by Crippen LogP contribution is -2.18. The van der Waals surface area contributed by atoms with Gasteiger partial charge >= 0.3 is 0 Å². The highest BCUT2D eigenvalue weighted by Gasteiger charge is 2.29. The van der Waals surface area contributed by atoms with Gasteiger partial charge in [-0.15, -0.1) is 0 Å². The predicted octanol–water partition coefficient (Wildman–Crippen LogP) is 6.42. The Labute approximate surface area is 172 Å². The summed E-state index contributed by atoms with van der Waals surface area (Å²) in [6, 6.07) is 28.9. The zero-order valence-electron chi connectivity index (χ0n) is 16.8. The summed E-state index contributed by atoms with van der Waals surface area (Å²) in [4.78, 5) is 12.3. The van der Waals surface area contributed by atoms with Gasteiger partial charge in [0.15, 0.2) is 5.78 Å². The van der Waals surface area contributed by atoms with E-state index in [1.807, 2.05) is 36.4 Å². The predicted molar refractivity (Wildman–Crippen MR) is 120 cm³/mol. The van der Waals surface area contributed by atoms with E-state index in [2.05, 4.69) is 60.5 Å². The van der Waals surface area contributed by atoms with Crippen LogP contribution in [0.1, 0.15) is 60.1 Å². The second kappa shape index (κ2) is 8.87. The lowest BCUT2D eigenvalue weighted by atomic mass is 9.98. The monoisotopic (exact) mass is 382 g/mol. The molecule has 0 saturated heterocycles. The van der Waals surface area contributed by atoms with Gasteiger partial charge in [-0.05, 0) is 41.8 Å². The number of unbranched alkanes of at least 4 members (excludes halogenated alkanes) is 1. The molecule has 4 rings (SSSR count). The number of benzene rings is 3. The van der Waals surface area contributed by atoms with Gasteiger partial charge in [0, 0.05) is 18.4 Å². The van der Waals surface area contributed by atoms with Crippen LogP contribution in [0.3, 0.4) is 0 Å². The van der Waals surface area contributed by atoms with Crippen LogP contribution in [-0.4, -0.2) is 11.5 Å². The van der Waals surface area contributed by atoms with E-state index in [0.717, 1.165) is 41.8 Å². The van der Waals surface area contributed by atoms with E-state index >= 15 is 0 Å². The minimum Gasteiger partial charge on any atom is -0.294 e. The molecular weight excluding hydrogens is 356 g/mol. The molecule has 3 aromatic rings. The van der Waals surface area contributed by atoms with Crippen molar-refractivity contribution in [2.75, 3.05) is 5.01 Å². The van der Waals surface area contributed by atoms with E-state index < -0.39 is 0 Å². The Morgan fingerprint density at radius 2 is 1.59 bits per heavy atom. The van der Waals surface area contributed by atoms with Crippen LogP contribution in [0.15, 0.2) is 90.0 Å². The molecule has 0 fully saturated rings. The van der Waals surface area contributed by atoms with E-state index in [1.165, 1.54) is 5.56 Å². The van der Waals surface area contributed by atoms with Crippen molar-refractivity contribution in [1.82, 2.24) is 0 Å². The Balaban J connectivity index is 1.64. The highest BCUT2D eigenvalue weighted by molar-refractivity contribution is 6.03. The van der Waals surface area contributed by atoms with Crippen LogP contribution in [0.25, 0.3) is 0 Å². The first kappa shape index (κ1) is 19.1. The molecule has 1 heterocycles.